The number of thiophene rings is 1. The van der Waals surface area contributed by atoms with Gasteiger partial charge in [0.05, 0.1) is 10.6 Å². The number of para-hydroxylation sites is 1. The molecule has 0 radical (unpaired) electrons. The first-order valence-electron chi connectivity index (χ1n) is 9.81. The maximum Gasteiger partial charge on any atom is 0.293 e. The SMILES string of the molecule is O=C(c1nc(-c2cccs2)n(-c2ccccc2)n1)N1CCC2(CCNC2)CC1. The van der Waals surface area contributed by atoms with Gasteiger partial charge in [0.25, 0.3) is 5.91 Å². The molecule has 2 saturated heterocycles. The number of carbonyl (C=O) groups excluding carboxylic acids is 1. The zero-order chi connectivity index (χ0) is 19.0. The van der Waals surface area contributed by atoms with Crippen LogP contribution in [-0.2, 0) is 0 Å². The molecule has 1 amide bonds. The normalized spacial score (nSPS) is 18.6. The van der Waals surface area contributed by atoms with E-state index < -0.39 is 0 Å². The van der Waals surface area contributed by atoms with Gasteiger partial charge in [-0.2, -0.15) is 0 Å². The van der Waals surface area contributed by atoms with E-state index >= 15 is 0 Å². The minimum atomic E-state index is -0.0618. The Morgan fingerprint density at radius 2 is 1.89 bits per heavy atom. The molecule has 1 aromatic carbocycles. The zero-order valence-corrected chi connectivity index (χ0v) is 16.5. The Balaban J connectivity index is 1.43. The summed E-state index contributed by atoms with van der Waals surface area (Å²) < 4.78 is 1.78. The molecule has 28 heavy (non-hydrogen) atoms. The van der Waals surface area contributed by atoms with Crippen LogP contribution in [0.2, 0.25) is 0 Å². The number of hydrogen-bond acceptors (Lipinski definition) is 5. The molecule has 1 N–H and O–H groups in total. The molecular weight excluding hydrogens is 370 g/mol. The zero-order valence-electron chi connectivity index (χ0n) is 15.7. The van der Waals surface area contributed by atoms with Crippen LogP contribution in [-0.4, -0.2) is 51.8 Å². The molecule has 0 bridgehead atoms. The number of aromatic nitrogens is 3. The monoisotopic (exact) mass is 393 g/mol. The molecule has 144 valence electrons. The fourth-order valence-electron chi connectivity index (χ4n) is 4.27. The number of nitrogens with one attached hydrogen (secondary N) is 1. The number of hydrogen-bond donors (Lipinski definition) is 1. The molecule has 3 aromatic rings. The van der Waals surface area contributed by atoms with Crippen molar-refractivity contribution in [3.05, 3.63) is 53.7 Å². The lowest BCUT2D eigenvalue weighted by Crippen LogP contribution is -2.44. The summed E-state index contributed by atoms with van der Waals surface area (Å²) in [6.45, 7) is 3.75. The molecule has 7 heteroatoms. The van der Waals surface area contributed by atoms with Gasteiger partial charge in [0.2, 0.25) is 5.82 Å². The third kappa shape index (κ3) is 3.14. The minimum absolute atomic E-state index is 0.0618. The lowest BCUT2D eigenvalue weighted by molar-refractivity contribution is 0.0596. The van der Waals surface area contributed by atoms with Gasteiger partial charge in [-0.3, -0.25) is 4.79 Å². The van der Waals surface area contributed by atoms with Gasteiger partial charge in [0.1, 0.15) is 0 Å². The van der Waals surface area contributed by atoms with Gasteiger partial charge in [0, 0.05) is 19.6 Å². The number of carbonyl (C=O) groups is 1. The van der Waals surface area contributed by atoms with Crippen molar-refractivity contribution in [1.29, 1.82) is 0 Å². The van der Waals surface area contributed by atoms with Crippen LogP contribution in [0, 0.1) is 5.41 Å². The van der Waals surface area contributed by atoms with Crippen LogP contribution in [0.25, 0.3) is 16.4 Å². The summed E-state index contributed by atoms with van der Waals surface area (Å²) in [6, 6.07) is 13.9. The summed E-state index contributed by atoms with van der Waals surface area (Å²) in [7, 11) is 0. The second-order valence-corrected chi connectivity index (χ2v) is 8.65. The summed E-state index contributed by atoms with van der Waals surface area (Å²) in [5.74, 6) is 0.944. The van der Waals surface area contributed by atoms with Gasteiger partial charge in [-0.1, -0.05) is 24.3 Å². The first-order chi connectivity index (χ1) is 13.7. The maximum atomic E-state index is 13.1. The van der Waals surface area contributed by atoms with Gasteiger partial charge in [-0.15, -0.1) is 16.4 Å². The van der Waals surface area contributed by atoms with Crippen LogP contribution >= 0.6 is 11.3 Å². The number of piperidine rings is 1. The Hall–Kier alpha value is -2.51. The van der Waals surface area contributed by atoms with E-state index in [0.29, 0.717) is 5.41 Å². The van der Waals surface area contributed by atoms with E-state index in [2.05, 4.69) is 15.4 Å². The summed E-state index contributed by atoms with van der Waals surface area (Å²) >= 11 is 1.60. The molecule has 0 saturated carbocycles. The first-order valence-corrected chi connectivity index (χ1v) is 10.7. The van der Waals surface area contributed by atoms with Gasteiger partial charge >= 0.3 is 0 Å². The average Bonchev–Trinajstić information content (AvgIpc) is 3.49. The number of likely N-dealkylation sites (tertiary alicyclic amines) is 1. The Kier molecular flexibility index (Phi) is 4.49. The van der Waals surface area contributed by atoms with Crippen LogP contribution in [0.1, 0.15) is 29.9 Å². The number of benzene rings is 1. The fraction of sp³-hybridized carbons (Fsp3) is 0.381. The molecule has 6 nitrogen and oxygen atoms in total. The van der Waals surface area contributed by atoms with Gasteiger partial charge in [-0.25, -0.2) is 9.67 Å². The van der Waals surface area contributed by atoms with Crippen molar-refractivity contribution < 1.29 is 4.79 Å². The molecule has 5 rings (SSSR count). The van der Waals surface area contributed by atoms with Crippen LogP contribution in [0.4, 0.5) is 0 Å². The van der Waals surface area contributed by atoms with E-state index in [1.165, 1.54) is 6.42 Å². The van der Waals surface area contributed by atoms with Crippen molar-refractivity contribution >= 4 is 17.2 Å². The quantitative estimate of drug-likeness (QED) is 0.742. The van der Waals surface area contributed by atoms with Crippen molar-refractivity contribution in [2.75, 3.05) is 26.2 Å². The maximum absolute atomic E-state index is 13.1. The molecule has 2 aromatic heterocycles. The lowest BCUT2D eigenvalue weighted by Gasteiger charge is -2.38. The highest BCUT2D eigenvalue weighted by Crippen LogP contribution is 2.37. The minimum Gasteiger partial charge on any atom is -0.336 e. The predicted molar refractivity (Wildman–Crippen MR) is 110 cm³/mol. The summed E-state index contributed by atoms with van der Waals surface area (Å²) in [6.07, 6.45) is 3.34. The molecule has 0 aliphatic carbocycles. The van der Waals surface area contributed by atoms with E-state index in [0.717, 1.165) is 55.4 Å². The first kappa shape index (κ1) is 17.6. The molecule has 4 heterocycles. The molecule has 0 unspecified atom stereocenters. The Bertz CT molecular complexity index is 950. The fourth-order valence-corrected chi connectivity index (χ4v) is 4.96. The van der Waals surface area contributed by atoms with E-state index in [1.54, 1.807) is 16.0 Å². The highest BCUT2D eigenvalue weighted by Gasteiger charge is 2.38. The van der Waals surface area contributed by atoms with E-state index in [4.69, 9.17) is 0 Å². The molecule has 2 aliphatic heterocycles. The molecule has 1 spiro atoms. The van der Waals surface area contributed by atoms with Gasteiger partial charge in [-0.05, 0) is 54.8 Å². The van der Waals surface area contributed by atoms with Crippen LogP contribution in [0.3, 0.4) is 0 Å². The van der Waals surface area contributed by atoms with E-state index in [-0.39, 0.29) is 11.7 Å². The molecule has 2 aliphatic rings. The summed E-state index contributed by atoms with van der Waals surface area (Å²) in [5.41, 5.74) is 1.29. The van der Waals surface area contributed by atoms with Crippen molar-refractivity contribution in [3.63, 3.8) is 0 Å². The Labute approximate surface area is 168 Å². The smallest absolute Gasteiger partial charge is 0.293 e. The van der Waals surface area contributed by atoms with Gasteiger partial charge in [0.15, 0.2) is 5.82 Å². The third-order valence-electron chi connectivity index (χ3n) is 5.98. The van der Waals surface area contributed by atoms with Gasteiger partial charge < -0.3 is 10.2 Å². The second-order valence-electron chi connectivity index (χ2n) is 7.70. The van der Waals surface area contributed by atoms with Crippen molar-refractivity contribution in [2.45, 2.75) is 19.3 Å². The predicted octanol–water partition coefficient (Wildman–Crippen LogP) is 3.21. The van der Waals surface area contributed by atoms with Crippen LogP contribution in [0.15, 0.2) is 47.8 Å². The molecule has 2 fully saturated rings. The number of rotatable bonds is 3. The highest BCUT2D eigenvalue weighted by molar-refractivity contribution is 7.13. The standard InChI is InChI=1S/C21H23N5OS/c27-20(25-12-9-21(10-13-25)8-11-22-15-21)18-23-19(17-7-4-14-28-17)26(24-18)16-5-2-1-3-6-16/h1-7,14,22H,8-13,15H2. The lowest BCUT2D eigenvalue weighted by atomic mass is 9.78. The van der Waals surface area contributed by atoms with Crippen molar-refractivity contribution in [2.24, 2.45) is 5.41 Å². The summed E-state index contributed by atoms with van der Waals surface area (Å²) in [4.78, 5) is 20.7. The average molecular weight is 394 g/mol. The van der Waals surface area contributed by atoms with Crippen LogP contribution < -0.4 is 5.32 Å². The largest absolute Gasteiger partial charge is 0.336 e. The molecular formula is C21H23N5OS. The Morgan fingerprint density at radius 1 is 1.07 bits per heavy atom. The highest BCUT2D eigenvalue weighted by atomic mass is 32.1. The summed E-state index contributed by atoms with van der Waals surface area (Å²) in [5, 5.41) is 10.1. The third-order valence-corrected chi connectivity index (χ3v) is 6.85. The van der Waals surface area contributed by atoms with Crippen LogP contribution in [0.5, 0.6) is 0 Å². The Morgan fingerprint density at radius 3 is 2.57 bits per heavy atom. The van der Waals surface area contributed by atoms with Crippen molar-refractivity contribution in [1.82, 2.24) is 25.0 Å². The van der Waals surface area contributed by atoms with Crippen molar-refractivity contribution in [3.8, 4) is 16.4 Å². The second kappa shape index (κ2) is 7.14. The number of amides is 1. The van der Waals surface area contributed by atoms with E-state index in [9.17, 15) is 4.79 Å². The number of nitrogens with zero attached hydrogens (tertiary/aromatic N) is 4. The topological polar surface area (TPSA) is 63.1 Å². The molecule has 0 atom stereocenters. The van der Waals surface area contributed by atoms with E-state index in [1.807, 2.05) is 52.7 Å².